The van der Waals surface area contributed by atoms with E-state index in [4.69, 9.17) is 0 Å². The van der Waals surface area contributed by atoms with Crippen molar-refractivity contribution >= 4 is 0 Å². The molecule has 2 heteroatoms. The molecule has 1 aliphatic heterocycles. The summed E-state index contributed by atoms with van der Waals surface area (Å²) in [5.41, 5.74) is 0. The van der Waals surface area contributed by atoms with E-state index >= 15 is 0 Å². The van der Waals surface area contributed by atoms with Gasteiger partial charge >= 0.3 is 0 Å². The van der Waals surface area contributed by atoms with Crippen LogP contribution in [-0.2, 0) is 0 Å². The average molecular weight is 170 g/mol. The summed E-state index contributed by atoms with van der Waals surface area (Å²) in [4.78, 5) is 2.45. The smallest absolute Gasteiger partial charge is 0.00417 e. The molecule has 0 radical (unpaired) electrons. The monoisotopic (exact) mass is 170 g/mol. The maximum Gasteiger partial charge on any atom is 0.00417 e. The first-order chi connectivity index (χ1) is 5.68. The highest BCUT2D eigenvalue weighted by Gasteiger charge is 2.12. The van der Waals surface area contributed by atoms with Gasteiger partial charge in [-0.1, -0.05) is 6.92 Å². The molecule has 0 spiro atoms. The van der Waals surface area contributed by atoms with Crippen LogP contribution in [0.2, 0.25) is 0 Å². The van der Waals surface area contributed by atoms with Crippen molar-refractivity contribution in [1.82, 2.24) is 10.2 Å². The van der Waals surface area contributed by atoms with Crippen LogP contribution in [0.3, 0.4) is 0 Å². The molecule has 1 saturated heterocycles. The molecule has 0 amide bonds. The van der Waals surface area contributed by atoms with Crippen molar-refractivity contribution in [2.45, 2.75) is 32.7 Å². The number of rotatable bonds is 0. The van der Waals surface area contributed by atoms with Crippen molar-refractivity contribution in [3.8, 4) is 0 Å². The van der Waals surface area contributed by atoms with E-state index in [0.29, 0.717) is 6.04 Å². The van der Waals surface area contributed by atoms with Crippen LogP contribution in [0.4, 0.5) is 0 Å². The minimum atomic E-state index is 0.700. The molecule has 1 aliphatic rings. The average Bonchev–Trinajstić information content (AvgIpc) is 2.01. The highest BCUT2D eigenvalue weighted by atomic mass is 15.1. The predicted molar refractivity (Wildman–Crippen MR) is 53.4 cm³/mol. The second-order valence-electron chi connectivity index (χ2n) is 4.31. The van der Waals surface area contributed by atoms with Crippen molar-refractivity contribution in [1.29, 1.82) is 0 Å². The van der Waals surface area contributed by atoms with Gasteiger partial charge in [-0.15, -0.1) is 0 Å². The third-order valence-corrected chi connectivity index (χ3v) is 2.59. The number of hydrogen-bond acceptors (Lipinski definition) is 2. The van der Waals surface area contributed by atoms with Crippen LogP contribution in [0, 0.1) is 5.92 Å². The maximum absolute atomic E-state index is 3.55. The van der Waals surface area contributed by atoms with E-state index in [1.54, 1.807) is 0 Å². The molecule has 0 saturated carbocycles. The van der Waals surface area contributed by atoms with E-state index in [1.807, 2.05) is 0 Å². The first-order valence-electron chi connectivity index (χ1n) is 5.10. The highest BCUT2D eigenvalue weighted by molar-refractivity contribution is 4.70. The van der Waals surface area contributed by atoms with Crippen LogP contribution in [0.25, 0.3) is 0 Å². The summed E-state index contributed by atoms with van der Waals surface area (Å²) in [7, 11) is 2.23. The van der Waals surface area contributed by atoms with Crippen molar-refractivity contribution in [3.05, 3.63) is 0 Å². The number of nitrogens with zero attached hydrogens (tertiary/aromatic N) is 1. The third kappa shape index (κ3) is 3.55. The van der Waals surface area contributed by atoms with Gasteiger partial charge in [0.05, 0.1) is 0 Å². The molecule has 2 unspecified atom stereocenters. The highest BCUT2D eigenvalue weighted by Crippen LogP contribution is 2.09. The topological polar surface area (TPSA) is 15.3 Å². The quantitative estimate of drug-likeness (QED) is 0.590. The second-order valence-corrected chi connectivity index (χ2v) is 4.31. The van der Waals surface area contributed by atoms with Crippen LogP contribution in [0.5, 0.6) is 0 Å². The summed E-state index contributed by atoms with van der Waals surface area (Å²) >= 11 is 0. The zero-order valence-electron chi connectivity index (χ0n) is 8.64. The molecule has 12 heavy (non-hydrogen) atoms. The molecule has 2 nitrogen and oxygen atoms in total. The standard InChI is InChI=1S/C10H22N2/c1-9-7-10(2)11-5-4-6-12(3)8-9/h9-11H,4-8H2,1-3H3. The van der Waals surface area contributed by atoms with Gasteiger partial charge in [-0.2, -0.15) is 0 Å². The largest absolute Gasteiger partial charge is 0.314 e. The number of hydrogen-bond donors (Lipinski definition) is 1. The molecule has 2 atom stereocenters. The lowest BCUT2D eigenvalue weighted by atomic mass is 10.0. The van der Waals surface area contributed by atoms with E-state index in [2.05, 4.69) is 31.1 Å². The SMILES string of the molecule is CC1CC(C)NCCCN(C)C1. The van der Waals surface area contributed by atoms with Gasteiger partial charge in [0.25, 0.3) is 0 Å². The van der Waals surface area contributed by atoms with Gasteiger partial charge in [0, 0.05) is 12.6 Å². The van der Waals surface area contributed by atoms with Crippen LogP contribution in [0.15, 0.2) is 0 Å². The first-order valence-corrected chi connectivity index (χ1v) is 5.10. The normalized spacial score (nSPS) is 35.2. The zero-order valence-corrected chi connectivity index (χ0v) is 8.64. The van der Waals surface area contributed by atoms with Gasteiger partial charge < -0.3 is 10.2 Å². The molecule has 0 aromatic carbocycles. The Morgan fingerprint density at radius 1 is 1.33 bits per heavy atom. The van der Waals surface area contributed by atoms with Gasteiger partial charge in [-0.3, -0.25) is 0 Å². The third-order valence-electron chi connectivity index (χ3n) is 2.59. The molecule has 0 bridgehead atoms. The molecule has 72 valence electrons. The van der Waals surface area contributed by atoms with E-state index in [1.165, 1.54) is 32.5 Å². The predicted octanol–water partition coefficient (Wildman–Crippen LogP) is 1.33. The maximum atomic E-state index is 3.55. The van der Waals surface area contributed by atoms with Crippen LogP contribution < -0.4 is 5.32 Å². The van der Waals surface area contributed by atoms with Crippen molar-refractivity contribution in [2.75, 3.05) is 26.7 Å². The zero-order chi connectivity index (χ0) is 8.97. The second kappa shape index (κ2) is 4.83. The fourth-order valence-corrected chi connectivity index (χ4v) is 2.08. The summed E-state index contributed by atoms with van der Waals surface area (Å²) in [6.45, 7) is 8.32. The summed E-state index contributed by atoms with van der Waals surface area (Å²) in [5.74, 6) is 0.829. The molecule has 1 heterocycles. The van der Waals surface area contributed by atoms with Gasteiger partial charge in [0.15, 0.2) is 0 Å². The van der Waals surface area contributed by atoms with Crippen LogP contribution >= 0.6 is 0 Å². The Labute approximate surface area is 76.3 Å². The summed E-state index contributed by atoms with van der Waals surface area (Å²) in [6, 6.07) is 0.700. The van der Waals surface area contributed by atoms with Crippen LogP contribution in [-0.4, -0.2) is 37.6 Å². The summed E-state index contributed by atoms with van der Waals surface area (Å²) in [5, 5.41) is 3.55. The van der Waals surface area contributed by atoms with Gasteiger partial charge in [-0.05, 0) is 45.8 Å². The molecule has 0 aromatic heterocycles. The molecular weight excluding hydrogens is 148 g/mol. The Kier molecular flexibility index (Phi) is 4.02. The van der Waals surface area contributed by atoms with Crippen molar-refractivity contribution in [2.24, 2.45) is 5.92 Å². The lowest BCUT2D eigenvalue weighted by molar-refractivity contribution is 0.281. The first kappa shape index (κ1) is 10.0. The van der Waals surface area contributed by atoms with Gasteiger partial charge in [0.1, 0.15) is 0 Å². The molecule has 1 N–H and O–H groups in total. The van der Waals surface area contributed by atoms with E-state index in [-0.39, 0.29) is 0 Å². The summed E-state index contributed by atoms with van der Waals surface area (Å²) in [6.07, 6.45) is 2.60. The lowest BCUT2D eigenvalue weighted by Crippen LogP contribution is -2.28. The Bertz CT molecular complexity index is 111. The lowest BCUT2D eigenvalue weighted by Gasteiger charge is -2.20. The Morgan fingerprint density at radius 3 is 2.83 bits per heavy atom. The van der Waals surface area contributed by atoms with E-state index < -0.39 is 0 Å². The molecular formula is C10H22N2. The minimum absolute atomic E-state index is 0.700. The van der Waals surface area contributed by atoms with Crippen LogP contribution in [0.1, 0.15) is 26.7 Å². The fraction of sp³-hybridized carbons (Fsp3) is 1.00. The minimum Gasteiger partial charge on any atom is -0.314 e. The Hall–Kier alpha value is -0.0800. The molecule has 0 aliphatic carbocycles. The Balaban J connectivity index is 2.37. The van der Waals surface area contributed by atoms with Crippen molar-refractivity contribution in [3.63, 3.8) is 0 Å². The molecule has 1 rings (SSSR count). The number of nitrogens with one attached hydrogen (secondary N) is 1. The Morgan fingerprint density at radius 2 is 2.08 bits per heavy atom. The van der Waals surface area contributed by atoms with E-state index in [0.717, 1.165) is 5.92 Å². The van der Waals surface area contributed by atoms with Gasteiger partial charge in [0.2, 0.25) is 0 Å². The summed E-state index contributed by atoms with van der Waals surface area (Å²) < 4.78 is 0. The van der Waals surface area contributed by atoms with E-state index in [9.17, 15) is 0 Å². The van der Waals surface area contributed by atoms with Crippen molar-refractivity contribution < 1.29 is 0 Å². The van der Waals surface area contributed by atoms with Gasteiger partial charge in [-0.25, -0.2) is 0 Å². The molecule has 0 aromatic rings. The fourth-order valence-electron chi connectivity index (χ4n) is 2.08. The molecule has 1 fully saturated rings.